The Bertz CT molecular complexity index is 1380. The monoisotopic (exact) mass is 594 g/mol. The first-order valence-electron chi connectivity index (χ1n) is 13.9. The summed E-state index contributed by atoms with van der Waals surface area (Å²) in [4.78, 5) is 32.4. The van der Waals surface area contributed by atoms with Gasteiger partial charge in [-0.15, -0.1) is 0 Å². The zero-order valence-corrected chi connectivity index (χ0v) is 24.3. The fourth-order valence-corrected chi connectivity index (χ4v) is 5.13. The minimum atomic E-state index is -0.296. The molecule has 2 aliphatic heterocycles. The summed E-state index contributed by atoms with van der Waals surface area (Å²) in [6.45, 7) is 4.03. The number of piperazine rings is 1. The van der Waals surface area contributed by atoms with Crippen LogP contribution in [0.4, 0.5) is 11.4 Å². The second kappa shape index (κ2) is 14.3. The van der Waals surface area contributed by atoms with Gasteiger partial charge < -0.3 is 34.1 Å². The van der Waals surface area contributed by atoms with E-state index < -0.39 is 0 Å². The van der Waals surface area contributed by atoms with Crippen LogP contribution in [0.3, 0.4) is 0 Å². The van der Waals surface area contributed by atoms with Gasteiger partial charge in [0.25, 0.3) is 0 Å². The van der Waals surface area contributed by atoms with Gasteiger partial charge in [0.2, 0.25) is 11.8 Å². The van der Waals surface area contributed by atoms with Gasteiger partial charge in [0.05, 0.1) is 44.8 Å². The van der Waals surface area contributed by atoms with Crippen molar-refractivity contribution < 1.29 is 28.5 Å². The van der Waals surface area contributed by atoms with Gasteiger partial charge in [0.1, 0.15) is 12.4 Å². The Kier molecular flexibility index (Phi) is 10.0. The van der Waals surface area contributed by atoms with E-state index in [0.29, 0.717) is 80.5 Å². The number of fused-ring (bicyclic) bond motifs is 2. The van der Waals surface area contributed by atoms with Crippen LogP contribution in [0.2, 0.25) is 5.02 Å². The van der Waals surface area contributed by atoms with E-state index in [1.807, 2.05) is 47.4 Å². The number of methoxy groups -OCH3 is 1. The van der Waals surface area contributed by atoms with Crippen LogP contribution in [0.1, 0.15) is 0 Å². The van der Waals surface area contributed by atoms with E-state index in [9.17, 15) is 9.59 Å². The molecule has 0 radical (unpaired) electrons. The van der Waals surface area contributed by atoms with E-state index in [0.717, 1.165) is 11.4 Å². The predicted molar refractivity (Wildman–Crippen MR) is 161 cm³/mol. The zero-order valence-electron chi connectivity index (χ0n) is 23.6. The third kappa shape index (κ3) is 7.64. The molecule has 10 nitrogen and oxygen atoms in total. The highest BCUT2D eigenvalue weighted by molar-refractivity contribution is 6.31. The topological polar surface area (TPSA) is 92.8 Å². The third-order valence-corrected chi connectivity index (χ3v) is 7.34. The highest BCUT2D eigenvalue weighted by Gasteiger charge is 2.25. The summed E-state index contributed by atoms with van der Waals surface area (Å²) in [5.74, 6) is 1.96. The number of amides is 2. The minimum absolute atomic E-state index is 0.00464. The molecule has 3 aromatic carbocycles. The van der Waals surface area contributed by atoms with Crippen molar-refractivity contribution in [2.45, 2.75) is 0 Å². The Hall–Kier alpha value is -3.99. The molecule has 0 spiro atoms. The van der Waals surface area contributed by atoms with Crippen LogP contribution >= 0.6 is 11.6 Å². The molecule has 1 saturated heterocycles. The van der Waals surface area contributed by atoms with Crippen molar-refractivity contribution in [3.05, 3.63) is 71.8 Å². The van der Waals surface area contributed by atoms with Gasteiger partial charge in [0, 0.05) is 37.7 Å². The van der Waals surface area contributed by atoms with Crippen LogP contribution in [-0.4, -0.2) is 94.4 Å². The molecule has 42 heavy (non-hydrogen) atoms. The summed E-state index contributed by atoms with van der Waals surface area (Å²) in [6.07, 6.45) is 0. The molecule has 0 saturated carbocycles. The molecule has 1 N–H and O–H groups in total. The van der Waals surface area contributed by atoms with E-state index in [2.05, 4.69) is 10.2 Å². The maximum Gasteiger partial charge on any atom is 0.238 e. The Labute approximate surface area is 250 Å². The number of benzene rings is 3. The number of nitrogens with zero attached hydrogens (tertiary/aromatic N) is 3. The summed E-state index contributed by atoms with van der Waals surface area (Å²) in [5, 5.41) is 3.36. The van der Waals surface area contributed by atoms with Gasteiger partial charge in [-0.3, -0.25) is 14.5 Å². The number of anilines is 2. The molecule has 5 rings (SSSR count). The van der Waals surface area contributed by atoms with Gasteiger partial charge >= 0.3 is 0 Å². The van der Waals surface area contributed by atoms with E-state index in [1.165, 1.54) is 0 Å². The Morgan fingerprint density at radius 3 is 2.48 bits per heavy atom. The van der Waals surface area contributed by atoms with Gasteiger partial charge in [0.15, 0.2) is 17.2 Å². The number of nitrogens with one attached hydrogen (secondary N) is 1. The summed E-state index contributed by atoms with van der Waals surface area (Å²) < 4.78 is 23.3. The van der Waals surface area contributed by atoms with E-state index in [1.54, 1.807) is 36.3 Å². The quantitative estimate of drug-likeness (QED) is 0.482. The van der Waals surface area contributed by atoms with E-state index in [-0.39, 0.29) is 24.9 Å². The van der Waals surface area contributed by atoms with Crippen LogP contribution in [-0.2, 0) is 14.3 Å². The van der Waals surface area contributed by atoms with Crippen LogP contribution in [0, 0.1) is 0 Å². The Morgan fingerprint density at radius 1 is 0.905 bits per heavy atom. The largest absolute Gasteiger partial charge is 0.495 e. The van der Waals surface area contributed by atoms with Crippen molar-refractivity contribution >= 4 is 34.8 Å². The van der Waals surface area contributed by atoms with Crippen LogP contribution < -0.4 is 24.4 Å². The maximum atomic E-state index is 13.3. The lowest BCUT2D eigenvalue weighted by Crippen LogP contribution is -2.52. The summed E-state index contributed by atoms with van der Waals surface area (Å²) in [5.41, 5.74) is 1.44. The van der Waals surface area contributed by atoms with Gasteiger partial charge in [-0.1, -0.05) is 35.9 Å². The number of hydrogen-bond acceptors (Lipinski definition) is 8. The highest BCUT2D eigenvalue weighted by Crippen LogP contribution is 2.36. The molecule has 0 atom stereocenters. The average Bonchev–Trinajstić information content (AvgIpc) is 3.00. The number of hydrogen-bond donors (Lipinski definition) is 1. The van der Waals surface area contributed by atoms with Crippen molar-refractivity contribution in [2.75, 3.05) is 83.0 Å². The fourth-order valence-electron chi connectivity index (χ4n) is 4.95. The second-order valence-corrected chi connectivity index (χ2v) is 10.4. The molecule has 0 bridgehead atoms. The number of carbonyl (C=O) groups is 2. The molecule has 2 amide bonds. The molecule has 1 fully saturated rings. The van der Waals surface area contributed by atoms with E-state index in [4.69, 9.17) is 30.5 Å². The van der Waals surface area contributed by atoms with Crippen LogP contribution in [0.25, 0.3) is 0 Å². The minimum Gasteiger partial charge on any atom is -0.495 e. The summed E-state index contributed by atoms with van der Waals surface area (Å²) >= 11 is 6.25. The van der Waals surface area contributed by atoms with Crippen molar-refractivity contribution in [2.24, 2.45) is 0 Å². The summed E-state index contributed by atoms with van der Waals surface area (Å²) in [6, 6.07) is 20.2. The SMILES string of the molecule is COc1ccccc1N1CCN(C(=O)CN2CCOCCOc3ccccc3Oc3ccc(Cl)cc3NC(=O)C2)CC1. The first-order chi connectivity index (χ1) is 20.5. The lowest BCUT2D eigenvalue weighted by atomic mass is 10.2. The number of carbonyl (C=O) groups excluding carboxylic acids is 2. The molecule has 222 valence electrons. The number of ether oxygens (including phenoxy) is 4. The molecule has 11 heteroatoms. The zero-order chi connectivity index (χ0) is 29.3. The fraction of sp³-hybridized carbons (Fsp3) is 0.355. The molecule has 3 aromatic rings. The Balaban J connectivity index is 1.25. The average molecular weight is 595 g/mol. The van der Waals surface area contributed by atoms with Crippen LogP contribution in [0.5, 0.6) is 23.0 Å². The van der Waals surface area contributed by atoms with Gasteiger partial charge in [-0.05, 0) is 42.5 Å². The molecule has 2 heterocycles. The predicted octanol–water partition coefficient (Wildman–Crippen LogP) is 4.14. The van der Waals surface area contributed by atoms with Gasteiger partial charge in [-0.25, -0.2) is 0 Å². The maximum absolute atomic E-state index is 13.3. The van der Waals surface area contributed by atoms with Crippen LogP contribution in [0.15, 0.2) is 66.7 Å². The number of para-hydroxylation sites is 4. The first-order valence-corrected chi connectivity index (χ1v) is 14.3. The molecule has 0 aromatic heterocycles. The summed E-state index contributed by atoms with van der Waals surface area (Å²) in [7, 11) is 1.66. The number of halogens is 1. The standard InChI is InChI=1S/C31H35ClN4O6/c1-39-27-7-3-2-6-25(27)35-12-14-36(15-13-35)31(38)22-34-16-17-40-18-19-41-28-8-4-5-9-29(28)42-26-11-10-23(32)20-24(26)33-30(37)21-34/h2-11,20H,12-19,21-22H2,1H3,(H,33,37). The second-order valence-electron chi connectivity index (χ2n) is 9.95. The smallest absolute Gasteiger partial charge is 0.238 e. The molecule has 0 aliphatic carbocycles. The van der Waals surface area contributed by atoms with Crippen molar-refractivity contribution in [1.29, 1.82) is 0 Å². The molecule has 2 aliphatic rings. The van der Waals surface area contributed by atoms with Crippen molar-refractivity contribution in [3.8, 4) is 23.0 Å². The number of rotatable bonds is 4. The molecular weight excluding hydrogens is 560 g/mol. The van der Waals surface area contributed by atoms with E-state index >= 15 is 0 Å². The normalized spacial score (nSPS) is 17.0. The molecular formula is C31H35ClN4O6. The van der Waals surface area contributed by atoms with Gasteiger partial charge in [-0.2, -0.15) is 0 Å². The lowest BCUT2D eigenvalue weighted by Gasteiger charge is -2.37. The third-order valence-electron chi connectivity index (χ3n) is 7.11. The highest BCUT2D eigenvalue weighted by atomic mass is 35.5. The molecule has 0 unspecified atom stereocenters. The van der Waals surface area contributed by atoms with Crippen molar-refractivity contribution in [1.82, 2.24) is 9.80 Å². The lowest BCUT2D eigenvalue weighted by molar-refractivity contribution is -0.133. The van der Waals surface area contributed by atoms with Crippen molar-refractivity contribution in [3.63, 3.8) is 0 Å². The first kappa shape index (κ1) is 29.5. The Morgan fingerprint density at radius 2 is 1.67 bits per heavy atom.